The van der Waals surface area contributed by atoms with Crippen LogP contribution in [0.1, 0.15) is 57.2 Å². The van der Waals surface area contributed by atoms with Crippen LogP contribution in [-0.4, -0.2) is 62.2 Å². The highest BCUT2D eigenvalue weighted by Gasteiger charge is 2.33. The van der Waals surface area contributed by atoms with Crippen LogP contribution in [0.4, 0.5) is 4.39 Å². The minimum atomic E-state index is -3.54. The van der Waals surface area contributed by atoms with E-state index in [-0.39, 0.29) is 25.2 Å². The van der Waals surface area contributed by atoms with E-state index in [1.165, 1.54) is 19.9 Å². The van der Waals surface area contributed by atoms with Crippen LogP contribution in [0.25, 0.3) is 10.4 Å². The topological polar surface area (TPSA) is 196 Å². The quantitative estimate of drug-likeness (QED) is 0.106. The van der Waals surface area contributed by atoms with Gasteiger partial charge in [0.05, 0.1) is 6.04 Å². The molecular formula is C33H46FN7O5S. The lowest BCUT2D eigenvalue weighted by molar-refractivity contribution is -0.133. The Hall–Kier alpha value is -4.26. The third-order valence-corrected chi connectivity index (χ3v) is 7.68. The number of nitrogens with two attached hydrogens (primary N) is 1. The molecule has 4 atom stereocenters. The van der Waals surface area contributed by atoms with E-state index in [9.17, 15) is 27.2 Å². The van der Waals surface area contributed by atoms with Crippen LogP contribution in [-0.2, 0) is 43.6 Å². The Morgan fingerprint density at radius 2 is 1.47 bits per heavy atom. The number of hydrogen-bond acceptors (Lipinski definition) is 7. The van der Waals surface area contributed by atoms with Gasteiger partial charge in [0, 0.05) is 29.5 Å². The first-order valence-corrected chi connectivity index (χ1v) is 17.3. The zero-order valence-corrected chi connectivity index (χ0v) is 28.3. The van der Waals surface area contributed by atoms with Crippen molar-refractivity contribution in [3.05, 3.63) is 93.2 Å². The molecule has 0 aliphatic rings. The van der Waals surface area contributed by atoms with Gasteiger partial charge in [0.25, 0.3) is 0 Å². The molecule has 14 heteroatoms. The normalized spacial score (nSPS) is 14.5. The first kappa shape index (κ1) is 38.9. The number of alkyl halides is 1. The summed E-state index contributed by atoms with van der Waals surface area (Å²) in [7, 11) is -3.54. The van der Waals surface area contributed by atoms with Gasteiger partial charge in [0.2, 0.25) is 17.7 Å². The second-order valence-electron chi connectivity index (χ2n) is 12.6. The van der Waals surface area contributed by atoms with Gasteiger partial charge in [-0.3, -0.25) is 14.4 Å². The first-order chi connectivity index (χ1) is 22.0. The molecule has 1 unspecified atom stereocenters. The number of azide groups is 1. The second kappa shape index (κ2) is 18.2. The first-order valence-electron chi connectivity index (χ1n) is 15.3. The van der Waals surface area contributed by atoms with Crippen LogP contribution in [0.15, 0.2) is 71.2 Å². The summed E-state index contributed by atoms with van der Waals surface area (Å²) >= 11 is 0. The number of nitrogens with zero attached hydrogens (tertiary/aromatic N) is 3. The Morgan fingerprint density at radius 3 is 2.00 bits per heavy atom. The fourth-order valence-corrected chi connectivity index (χ4v) is 5.25. The van der Waals surface area contributed by atoms with Crippen molar-refractivity contribution in [2.75, 3.05) is 6.26 Å². The van der Waals surface area contributed by atoms with Crippen LogP contribution < -0.4 is 21.7 Å². The summed E-state index contributed by atoms with van der Waals surface area (Å²) in [6.07, 6.45) is 2.42. The number of benzene rings is 2. The van der Waals surface area contributed by atoms with Gasteiger partial charge < -0.3 is 21.7 Å². The molecule has 0 spiro atoms. The fraction of sp³-hybridized carbons (Fsp3) is 0.485. The van der Waals surface area contributed by atoms with Gasteiger partial charge in [-0.25, -0.2) is 12.8 Å². The number of carbonyl (C=O) groups excluding carboxylic acids is 3. The van der Waals surface area contributed by atoms with E-state index >= 15 is 0 Å². The number of sulfone groups is 1. The van der Waals surface area contributed by atoms with E-state index in [0.717, 1.165) is 28.4 Å². The van der Waals surface area contributed by atoms with Crippen molar-refractivity contribution < 1.29 is 27.2 Å². The van der Waals surface area contributed by atoms with Crippen molar-refractivity contribution >= 4 is 27.6 Å². The molecule has 2 aromatic carbocycles. The maximum Gasteiger partial charge on any atom is 0.243 e. The Balaban J connectivity index is 2.31. The average molecular weight is 672 g/mol. The molecule has 3 amide bonds. The monoisotopic (exact) mass is 671 g/mol. The third kappa shape index (κ3) is 15.3. The smallest absolute Gasteiger partial charge is 0.243 e. The molecule has 12 nitrogen and oxygen atoms in total. The molecule has 2 rings (SSSR count). The molecule has 0 aliphatic heterocycles. The van der Waals surface area contributed by atoms with E-state index < -0.39 is 63.8 Å². The Morgan fingerprint density at radius 1 is 0.915 bits per heavy atom. The summed E-state index contributed by atoms with van der Waals surface area (Å²) in [6.45, 7) is 6.55. The number of carbonyl (C=O) groups is 3. The Labute approximate surface area is 276 Å². The van der Waals surface area contributed by atoms with Gasteiger partial charge in [-0.1, -0.05) is 79.6 Å². The van der Waals surface area contributed by atoms with Gasteiger partial charge >= 0.3 is 0 Å². The van der Waals surface area contributed by atoms with E-state index in [1.54, 1.807) is 36.4 Å². The van der Waals surface area contributed by atoms with Gasteiger partial charge in [-0.15, -0.1) is 0 Å². The predicted octanol–water partition coefficient (Wildman–Crippen LogP) is 3.81. The minimum absolute atomic E-state index is 0.0702. The molecule has 47 heavy (non-hydrogen) atoms. The summed E-state index contributed by atoms with van der Waals surface area (Å²) in [5.41, 5.74) is 15.3. The number of nitrogens with one attached hydrogen (secondary N) is 3. The maximum absolute atomic E-state index is 15.0. The van der Waals surface area contributed by atoms with Crippen LogP contribution in [0.2, 0.25) is 0 Å². The van der Waals surface area contributed by atoms with Crippen molar-refractivity contribution in [3.8, 4) is 0 Å². The SMILES string of the molecule is CC(C)C[C@H](NC(=O)C(Cc1ccccc1)N=[N+]=[N-])C(=O)N[C@@H](CC(C)(C)F)C(=O)N[C@H](/C=C/S(C)(=O)=O)Cc1ccc(CN)cc1. The lowest BCUT2D eigenvalue weighted by Crippen LogP contribution is -2.57. The Bertz CT molecular complexity index is 1520. The minimum Gasteiger partial charge on any atom is -0.348 e. The van der Waals surface area contributed by atoms with E-state index in [2.05, 4.69) is 26.0 Å². The highest BCUT2D eigenvalue weighted by Crippen LogP contribution is 2.18. The molecule has 0 saturated heterocycles. The second-order valence-corrected chi connectivity index (χ2v) is 14.5. The van der Waals surface area contributed by atoms with Crippen molar-refractivity contribution in [2.45, 2.75) is 89.8 Å². The lowest BCUT2D eigenvalue weighted by atomic mass is 9.97. The van der Waals surface area contributed by atoms with Crippen LogP contribution in [0.5, 0.6) is 0 Å². The Kier molecular flexibility index (Phi) is 15.1. The van der Waals surface area contributed by atoms with Crippen molar-refractivity contribution in [3.63, 3.8) is 0 Å². The maximum atomic E-state index is 15.0. The van der Waals surface area contributed by atoms with Crippen LogP contribution in [0, 0.1) is 5.92 Å². The summed E-state index contributed by atoms with van der Waals surface area (Å²) in [4.78, 5) is 43.3. The largest absolute Gasteiger partial charge is 0.348 e. The van der Waals surface area contributed by atoms with E-state index in [0.29, 0.717) is 6.54 Å². The van der Waals surface area contributed by atoms with Crippen molar-refractivity contribution in [1.29, 1.82) is 0 Å². The van der Waals surface area contributed by atoms with Crippen LogP contribution in [0.3, 0.4) is 0 Å². The summed E-state index contributed by atoms with van der Waals surface area (Å²) in [5.74, 6) is -2.21. The van der Waals surface area contributed by atoms with Gasteiger partial charge in [0.1, 0.15) is 23.8 Å². The van der Waals surface area contributed by atoms with E-state index in [1.807, 2.05) is 32.0 Å². The zero-order valence-electron chi connectivity index (χ0n) is 27.5. The summed E-state index contributed by atoms with van der Waals surface area (Å²) < 4.78 is 38.7. The van der Waals surface area contributed by atoms with Gasteiger partial charge in [-0.2, -0.15) is 0 Å². The molecule has 0 fully saturated rings. The molecule has 0 heterocycles. The molecule has 0 bridgehead atoms. The average Bonchev–Trinajstić information content (AvgIpc) is 2.98. The fourth-order valence-electron chi connectivity index (χ4n) is 4.78. The molecule has 5 N–H and O–H groups in total. The number of halogens is 1. The van der Waals surface area contributed by atoms with Crippen molar-refractivity contribution in [1.82, 2.24) is 16.0 Å². The lowest BCUT2D eigenvalue weighted by Gasteiger charge is -2.28. The third-order valence-electron chi connectivity index (χ3n) is 7.03. The highest BCUT2D eigenvalue weighted by molar-refractivity contribution is 7.93. The molecule has 0 aromatic heterocycles. The molecule has 0 saturated carbocycles. The van der Waals surface area contributed by atoms with Crippen molar-refractivity contribution in [2.24, 2.45) is 16.8 Å². The summed E-state index contributed by atoms with van der Waals surface area (Å²) in [5, 5.41) is 12.6. The predicted molar refractivity (Wildman–Crippen MR) is 180 cm³/mol. The summed E-state index contributed by atoms with van der Waals surface area (Å²) in [6, 6.07) is 11.7. The molecule has 256 valence electrons. The molecule has 2 aromatic rings. The number of hydrogen-bond donors (Lipinski definition) is 4. The molecule has 0 radical (unpaired) electrons. The number of rotatable bonds is 18. The van der Waals surface area contributed by atoms with Gasteiger partial charge in [0.15, 0.2) is 9.84 Å². The number of amides is 3. The standard InChI is InChI=1S/C33H46FN7O5S/c1-22(2)17-27(38-31(43)28(40-41-36)19-23-9-7-6-8-10-23)30(42)39-29(20-33(3,4)34)32(44)37-26(15-16-47(5,45)46)18-24-11-13-25(21-35)14-12-24/h6-16,22,26-29H,17-21,35H2,1-5H3,(H,37,44)(H,38,43)(H,39,42)/b16-15+/t26-,27+,28?,29+/m1/s1. The molecular weight excluding hydrogens is 625 g/mol. The molecule has 0 aliphatic carbocycles. The van der Waals surface area contributed by atoms with Gasteiger partial charge in [-0.05, 0) is 61.2 Å². The highest BCUT2D eigenvalue weighted by atomic mass is 32.2. The van der Waals surface area contributed by atoms with Crippen LogP contribution >= 0.6 is 0 Å². The zero-order chi connectivity index (χ0) is 35.2. The van der Waals surface area contributed by atoms with E-state index in [4.69, 9.17) is 11.3 Å².